The molecule has 0 radical (unpaired) electrons. The summed E-state index contributed by atoms with van der Waals surface area (Å²) >= 11 is 0. The monoisotopic (exact) mass is 417 g/mol. The van der Waals surface area contributed by atoms with Gasteiger partial charge in [0.1, 0.15) is 0 Å². The summed E-state index contributed by atoms with van der Waals surface area (Å²) in [5.41, 5.74) is 7.93. The number of hydrogen-bond acceptors (Lipinski definition) is 1. The first kappa shape index (κ1) is 20.3. The van der Waals surface area contributed by atoms with Crippen molar-refractivity contribution in [2.75, 3.05) is 0 Å². The van der Waals surface area contributed by atoms with Crippen molar-refractivity contribution in [3.63, 3.8) is 0 Å². The van der Waals surface area contributed by atoms with Gasteiger partial charge in [0.2, 0.25) is 0 Å². The van der Waals surface area contributed by atoms with Gasteiger partial charge < -0.3 is 4.90 Å². The standard InChI is InChI=1S/C30H27NO/c1-22-15-17-23(18-16-22)21-31(27-19-25-11-5-6-12-26(25)20-27)30(32)29-14-8-7-13-28(29)24-9-3-2-4-10-24/h2-18,27H,19-21H2,1H3. The summed E-state index contributed by atoms with van der Waals surface area (Å²) in [6.45, 7) is 2.71. The van der Waals surface area contributed by atoms with Gasteiger partial charge >= 0.3 is 0 Å². The SMILES string of the molecule is Cc1ccc(CN(C(=O)c2ccccc2-c2ccccc2)C2Cc3ccccc3C2)cc1. The lowest BCUT2D eigenvalue weighted by Gasteiger charge is -2.30. The molecule has 0 spiro atoms. The summed E-state index contributed by atoms with van der Waals surface area (Å²) < 4.78 is 0. The molecule has 0 fully saturated rings. The molecule has 4 aromatic rings. The Bertz CT molecular complexity index is 1200. The predicted molar refractivity (Wildman–Crippen MR) is 131 cm³/mol. The fraction of sp³-hybridized carbons (Fsp3) is 0.167. The molecule has 1 amide bonds. The molecule has 2 nitrogen and oxygen atoms in total. The third-order valence-corrected chi connectivity index (χ3v) is 6.45. The van der Waals surface area contributed by atoms with Crippen molar-refractivity contribution in [2.24, 2.45) is 0 Å². The number of nitrogens with zero attached hydrogens (tertiary/aromatic N) is 1. The van der Waals surface area contributed by atoms with Crippen LogP contribution in [0.2, 0.25) is 0 Å². The van der Waals surface area contributed by atoms with Gasteiger partial charge in [-0.3, -0.25) is 4.79 Å². The lowest BCUT2D eigenvalue weighted by Crippen LogP contribution is -2.40. The van der Waals surface area contributed by atoms with Crippen molar-refractivity contribution >= 4 is 5.91 Å². The van der Waals surface area contributed by atoms with Gasteiger partial charge in [-0.2, -0.15) is 0 Å². The zero-order chi connectivity index (χ0) is 21.9. The second-order valence-corrected chi connectivity index (χ2v) is 8.66. The van der Waals surface area contributed by atoms with E-state index in [1.54, 1.807) is 0 Å². The van der Waals surface area contributed by atoms with Gasteiger partial charge in [-0.1, -0.05) is 103 Å². The van der Waals surface area contributed by atoms with Crippen LogP contribution in [0.5, 0.6) is 0 Å². The zero-order valence-electron chi connectivity index (χ0n) is 18.4. The van der Waals surface area contributed by atoms with E-state index in [1.807, 2.05) is 36.4 Å². The highest BCUT2D eigenvalue weighted by molar-refractivity contribution is 6.01. The Morgan fingerprint density at radius 1 is 0.750 bits per heavy atom. The molecular weight excluding hydrogens is 390 g/mol. The maximum absolute atomic E-state index is 14.1. The van der Waals surface area contributed by atoms with Gasteiger partial charge in [-0.25, -0.2) is 0 Å². The van der Waals surface area contributed by atoms with E-state index in [0.29, 0.717) is 6.54 Å². The van der Waals surface area contributed by atoms with Gasteiger partial charge in [-0.15, -0.1) is 0 Å². The first-order chi connectivity index (χ1) is 15.7. The Labute approximate surface area is 190 Å². The summed E-state index contributed by atoms with van der Waals surface area (Å²) in [5, 5.41) is 0. The number of aryl methyl sites for hydroxylation is 1. The summed E-state index contributed by atoms with van der Waals surface area (Å²) in [7, 11) is 0. The second-order valence-electron chi connectivity index (χ2n) is 8.66. The van der Waals surface area contributed by atoms with Crippen molar-refractivity contribution in [1.29, 1.82) is 0 Å². The van der Waals surface area contributed by atoms with Crippen molar-refractivity contribution < 1.29 is 4.79 Å². The van der Waals surface area contributed by atoms with E-state index in [4.69, 9.17) is 0 Å². The van der Waals surface area contributed by atoms with Gasteiger partial charge in [-0.05, 0) is 53.6 Å². The Hall–Kier alpha value is -3.65. The summed E-state index contributed by atoms with van der Waals surface area (Å²) in [6, 6.07) is 35.5. The van der Waals surface area contributed by atoms with Crippen molar-refractivity contribution in [3.05, 3.63) is 131 Å². The third-order valence-electron chi connectivity index (χ3n) is 6.45. The Morgan fingerprint density at radius 3 is 2.03 bits per heavy atom. The lowest BCUT2D eigenvalue weighted by molar-refractivity contribution is 0.0668. The smallest absolute Gasteiger partial charge is 0.255 e. The molecule has 0 aliphatic heterocycles. The molecule has 0 saturated carbocycles. The van der Waals surface area contributed by atoms with E-state index in [9.17, 15) is 4.79 Å². The van der Waals surface area contributed by atoms with E-state index in [0.717, 1.165) is 35.1 Å². The molecule has 1 aliphatic rings. The van der Waals surface area contributed by atoms with Crippen LogP contribution in [0.15, 0.2) is 103 Å². The fourth-order valence-corrected chi connectivity index (χ4v) is 4.71. The van der Waals surface area contributed by atoms with E-state index >= 15 is 0 Å². The Kier molecular flexibility index (Phi) is 5.60. The van der Waals surface area contributed by atoms with E-state index in [1.165, 1.54) is 16.7 Å². The van der Waals surface area contributed by atoms with Crippen LogP contribution in [0.25, 0.3) is 11.1 Å². The minimum atomic E-state index is 0.0998. The number of rotatable bonds is 5. The molecule has 158 valence electrons. The maximum Gasteiger partial charge on any atom is 0.255 e. The molecule has 0 saturated heterocycles. The normalized spacial score (nSPS) is 13.0. The van der Waals surface area contributed by atoms with Crippen LogP contribution < -0.4 is 0 Å². The molecule has 0 aromatic heterocycles. The molecule has 0 atom stereocenters. The van der Waals surface area contributed by atoms with Crippen LogP contribution in [0.1, 0.15) is 32.6 Å². The highest BCUT2D eigenvalue weighted by Gasteiger charge is 2.31. The van der Waals surface area contributed by atoms with Gasteiger partial charge in [0.05, 0.1) is 0 Å². The van der Waals surface area contributed by atoms with Crippen molar-refractivity contribution in [1.82, 2.24) is 4.90 Å². The topological polar surface area (TPSA) is 20.3 Å². The van der Waals surface area contributed by atoms with Gasteiger partial charge in [0.15, 0.2) is 0 Å². The summed E-state index contributed by atoms with van der Waals surface area (Å²) in [4.78, 5) is 16.2. The largest absolute Gasteiger partial charge is 0.331 e. The quantitative estimate of drug-likeness (QED) is 0.364. The molecule has 0 bridgehead atoms. The molecule has 0 unspecified atom stereocenters. The predicted octanol–water partition coefficient (Wildman–Crippen LogP) is 6.47. The summed E-state index contributed by atoms with van der Waals surface area (Å²) in [6.07, 6.45) is 1.81. The van der Waals surface area contributed by atoms with Crippen LogP contribution in [-0.4, -0.2) is 16.8 Å². The zero-order valence-corrected chi connectivity index (χ0v) is 18.4. The number of carbonyl (C=O) groups is 1. The van der Waals surface area contributed by atoms with Crippen molar-refractivity contribution in [3.8, 4) is 11.1 Å². The van der Waals surface area contributed by atoms with Crippen molar-refractivity contribution in [2.45, 2.75) is 32.4 Å². The minimum Gasteiger partial charge on any atom is -0.331 e. The Morgan fingerprint density at radius 2 is 1.34 bits per heavy atom. The van der Waals surface area contributed by atoms with Crippen LogP contribution in [-0.2, 0) is 19.4 Å². The number of hydrogen-bond donors (Lipinski definition) is 0. The molecule has 2 heteroatoms. The number of amides is 1. The van der Waals surface area contributed by atoms with Gasteiger partial charge in [0, 0.05) is 18.2 Å². The minimum absolute atomic E-state index is 0.0998. The molecule has 5 rings (SSSR count). The first-order valence-electron chi connectivity index (χ1n) is 11.3. The highest BCUT2D eigenvalue weighted by Crippen LogP contribution is 2.30. The maximum atomic E-state index is 14.1. The van der Waals surface area contributed by atoms with Crippen LogP contribution in [0.4, 0.5) is 0 Å². The first-order valence-corrected chi connectivity index (χ1v) is 11.3. The summed E-state index contributed by atoms with van der Waals surface area (Å²) in [5.74, 6) is 0.0998. The fourth-order valence-electron chi connectivity index (χ4n) is 4.71. The van der Waals surface area contributed by atoms with Gasteiger partial charge in [0.25, 0.3) is 5.91 Å². The molecular formula is C30H27NO. The molecule has 1 aliphatic carbocycles. The molecule has 32 heavy (non-hydrogen) atoms. The van der Waals surface area contributed by atoms with Crippen LogP contribution >= 0.6 is 0 Å². The lowest BCUT2D eigenvalue weighted by atomic mass is 9.97. The molecule has 0 heterocycles. The third kappa shape index (κ3) is 4.09. The molecule has 0 N–H and O–H groups in total. The van der Waals surface area contributed by atoms with E-state index in [-0.39, 0.29) is 11.9 Å². The van der Waals surface area contributed by atoms with E-state index < -0.39 is 0 Å². The number of fused-ring (bicyclic) bond motifs is 1. The second kappa shape index (κ2) is 8.84. The number of carbonyl (C=O) groups excluding carboxylic acids is 1. The Balaban J connectivity index is 1.52. The average molecular weight is 418 g/mol. The highest BCUT2D eigenvalue weighted by atomic mass is 16.2. The number of benzene rings is 4. The van der Waals surface area contributed by atoms with Crippen LogP contribution in [0.3, 0.4) is 0 Å². The van der Waals surface area contributed by atoms with E-state index in [2.05, 4.69) is 78.6 Å². The van der Waals surface area contributed by atoms with Crippen LogP contribution in [0, 0.1) is 6.92 Å². The molecule has 4 aromatic carbocycles. The average Bonchev–Trinajstić information content (AvgIpc) is 3.28.